The van der Waals surface area contributed by atoms with Crippen LogP contribution in [0.2, 0.25) is 0 Å². The van der Waals surface area contributed by atoms with Crippen LogP contribution in [0.3, 0.4) is 0 Å². The Morgan fingerprint density at radius 1 is 1.10 bits per heavy atom. The van der Waals surface area contributed by atoms with Crippen molar-refractivity contribution in [1.29, 1.82) is 0 Å². The summed E-state index contributed by atoms with van der Waals surface area (Å²) in [5, 5.41) is 3.00. The number of nitrogens with two attached hydrogens (primary N) is 1. The standard InChI is InChI=1S/C17H20N2O/c1-13(15-5-3-2-4-6-15)19-17(20)16-9-7-14(8-10-16)11-12-18/h2-10,13H,11-12,18H2,1H3,(H,19,20). The molecular weight excluding hydrogens is 248 g/mol. The summed E-state index contributed by atoms with van der Waals surface area (Å²) in [6, 6.07) is 17.5. The SMILES string of the molecule is CC(NC(=O)c1ccc(CCN)cc1)c1ccccc1. The van der Waals surface area contributed by atoms with Crippen molar-refractivity contribution in [3.8, 4) is 0 Å². The monoisotopic (exact) mass is 268 g/mol. The van der Waals surface area contributed by atoms with Gasteiger partial charge in [-0.25, -0.2) is 0 Å². The van der Waals surface area contributed by atoms with E-state index in [0.29, 0.717) is 12.1 Å². The van der Waals surface area contributed by atoms with Gasteiger partial charge in [-0.2, -0.15) is 0 Å². The van der Waals surface area contributed by atoms with E-state index in [1.165, 1.54) is 0 Å². The van der Waals surface area contributed by atoms with E-state index in [-0.39, 0.29) is 11.9 Å². The van der Waals surface area contributed by atoms with Crippen molar-refractivity contribution in [3.63, 3.8) is 0 Å². The summed E-state index contributed by atoms with van der Waals surface area (Å²) in [4.78, 5) is 12.2. The highest BCUT2D eigenvalue weighted by Crippen LogP contribution is 2.12. The Kier molecular flexibility index (Phi) is 4.91. The number of hydrogen-bond acceptors (Lipinski definition) is 2. The fourth-order valence-corrected chi connectivity index (χ4v) is 2.09. The third-order valence-electron chi connectivity index (χ3n) is 3.30. The van der Waals surface area contributed by atoms with Crippen molar-refractivity contribution < 1.29 is 4.79 Å². The molecule has 3 N–H and O–H groups in total. The molecule has 0 aliphatic heterocycles. The molecule has 0 aliphatic carbocycles. The molecule has 20 heavy (non-hydrogen) atoms. The molecule has 0 bridgehead atoms. The Balaban J connectivity index is 2.01. The van der Waals surface area contributed by atoms with E-state index in [2.05, 4.69) is 5.32 Å². The number of carbonyl (C=O) groups excluding carboxylic acids is 1. The van der Waals surface area contributed by atoms with Crippen molar-refractivity contribution in [2.24, 2.45) is 5.73 Å². The van der Waals surface area contributed by atoms with Crippen LogP contribution in [0.5, 0.6) is 0 Å². The van der Waals surface area contributed by atoms with E-state index < -0.39 is 0 Å². The molecule has 1 atom stereocenters. The first-order valence-corrected chi connectivity index (χ1v) is 6.85. The molecule has 3 nitrogen and oxygen atoms in total. The fourth-order valence-electron chi connectivity index (χ4n) is 2.09. The molecule has 1 unspecified atom stereocenters. The zero-order chi connectivity index (χ0) is 14.4. The summed E-state index contributed by atoms with van der Waals surface area (Å²) in [5.74, 6) is -0.0550. The normalized spacial score (nSPS) is 11.9. The van der Waals surface area contributed by atoms with Gasteiger partial charge in [0.05, 0.1) is 6.04 Å². The Bertz CT molecular complexity index is 549. The van der Waals surface area contributed by atoms with Crippen molar-refractivity contribution >= 4 is 5.91 Å². The predicted molar refractivity (Wildman–Crippen MR) is 81.5 cm³/mol. The number of benzene rings is 2. The van der Waals surface area contributed by atoms with Gasteiger partial charge >= 0.3 is 0 Å². The fraction of sp³-hybridized carbons (Fsp3) is 0.235. The lowest BCUT2D eigenvalue weighted by Gasteiger charge is -2.14. The Labute approximate surface area is 119 Å². The summed E-state index contributed by atoms with van der Waals surface area (Å²) in [6.07, 6.45) is 0.836. The van der Waals surface area contributed by atoms with Crippen LogP contribution in [0.1, 0.15) is 34.5 Å². The van der Waals surface area contributed by atoms with Crippen LogP contribution in [0.4, 0.5) is 0 Å². The first-order valence-electron chi connectivity index (χ1n) is 6.85. The van der Waals surface area contributed by atoms with E-state index in [4.69, 9.17) is 5.73 Å². The molecule has 0 spiro atoms. The number of carbonyl (C=O) groups is 1. The van der Waals surface area contributed by atoms with Crippen molar-refractivity contribution in [2.45, 2.75) is 19.4 Å². The van der Waals surface area contributed by atoms with Gasteiger partial charge in [-0.1, -0.05) is 42.5 Å². The predicted octanol–water partition coefficient (Wildman–Crippen LogP) is 2.68. The zero-order valence-electron chi connectivity index (χ0n) is 11.7. The van der Waals surface area contributed by atoms with Crippen LogP contribution >= 0.6 is 0 Å². The van der Waals surface area contributed by atoms with E-state index in [1.807, 2.05) is 61.5 Å². The van der Waals surface area contributed by atoms with E-state index >= 15 is 0 Å². The van der Waals surface area contributed by atoms with Gasteiger partial charge in [0.1, 0.15) is 0 Å². The smallest absolute Gasteiger partial charge is 0.251 e. The average Bonchev–Trinajstić information content (AvgIpc) is 2.49. The lowest BCUT2D eigenvalue weighted by Crippen LogP contribution is -2.26. The summed E-state index contributed by atoms with van der Waals surface area (Å²) >= 11 is 0. The summed E-state index contributed by atoms with van der Waals surface area (Å²) in [5.41, 5.74) is 8.43. The summed E-state index contributed by atoms with van der Waals surface area (Å²) < 4.78 is 0. The highest BCUT2D eigenvalue weighted by Gasteiger charge is 2.10. The number of hydrogen-bond donors (Lipinski definition) is 2. The maximum Gasteiger partial charge on any atom is 0.251 e. The van der Waals surface area contributed by atoms with E-state index in [9.17, 15) is 4.79 Å². The Morgan fingerprint density at radius 2 is 1.75 bits per heavy atom. The molecule has 0 fully saturated rings. The van der Waals surface area contributed by atoms with Gasteiger partial charge in [-0.3, -0.25) is 4.79 Å². The molecule has 0 saturated heterocycles. The molecule has 104 valence electrons. The van der Waals surface area contributed by atoms with Crippen molar-refractivity contribution in [1.82, 2.24) is 5.32 Å². The third-order valence-corrected chi connectivity index (χ3v) is 3.30. The second-order valence-corrected chi connectivity index (χ2v) is 4.84. The molecule has 0 saturated carbocycles. The summed E-state index contributed by atoms with van der Waals surface area (Å²) in [7, 11) is 0. The van der Waals surface area contributed by atoms with Gasteiger partial charge in [-0.05, 0) is 43.1 Å². The van der Waals surface area contributed by atoms with Crippen LogP contribution in [0.15, 0.2) is 54.6 Å². The number of nitrogens with one attached hydrogen (secondary N) is 1. The lowest BCUT2D eigenvalue weighted by molar-refractivity contribution is 0.0940. The maximum atomic E-state index is 12.2. The first-order chi connectivity index (χ1) is 9.70. The van der Waals surface area contributed by atoms with E-state index in [0.717, 1.165) is 17.5 Å². The van der Waals surface area contributed by atoms with Gasteiger partial charge in [0.25, 0.3) is 5.91 Å². The molecule has 0 radical (unpaired) electrons. The second kappa shape index (κ2) is 6.87. The Hall–Kier alpha value is -2.13. The van der Waals surface area contributed by atoms with Gasteiger partial charge in [0.2, 0.25) is 0 Å². The molecule has 2 aromatic carbocycles. The highest BCUT2D eigenvalue weighted by atomic mass is 16.1. The topological polar surface area (TPSA) is 55.1 Å². The van der Waals surface area contributed by atoms with Crippen LogP contribution in [0.25, 0.3) is 0 Å². The van der Waals surface area contributed by atoms with Gasteiger partial charge in [0, 0.05) is 5.56 Å². The molecule has 0 aromatic heterocycles. The van der Waals surface area contributed by atoms with Crippen LogP contribution in [-0.4, -0.2) is 12.5 Å². The Morgan fingerprint density at radius 3 is 2.35 bits per heavy atom. The van der Waals surface area contributed by atoms with Crippen molar-refractivity contribution in [3.05, 3.63) is 71.3 Å². The minimum atomic E-state index is -0.0550. The van der Waals surface area contributed by atoms with Crippen LogP contribution in [0, 0.1) is 0 Å². The van der Waals surface area contributed by atoms with Crippen LogP contribution in [-0.2, 0) is 6.42 Å². The highest BCUT2D eigenvalue weighted by molar-refractivity contribution is 5.94. The molecule has 0 aliphatic rings. The molecular formula is C17H20N2O. The third kappa shape index (κ3) is 3.68. The largest absolute Gasteiger partial charge is 0.346 e. The summed E-state index contributed by atoms with van der Waals surface area (Å²) in [6.45, 7) is 2.60. The van der Waals surface area contributed by atoms with Gasteiger partial charge < -0.3 is 11.1 Å². The van der Waals surface area contributed by atoms with Crippen molar-refractivity contribution in [2.75, 3.05) is 6.54 Å². The quantitative estimate of drug-likeness (QED) is 0.876. The van der Waals surface area contributed by atoms with E-state index in [1.54, 1.807) is 0 Å². The first kappa shape index (κ1) is 14.3. The minimum absolute atomic E-state index is 0.00702. The zero-order valence-corrected chi connectivity index (χ0v) is 11.7. The minimum Gasteiger partial charge on any atom is -0.346 e. The molecule has 0 heterocycles. The van der Waals surface area contributed by atoms with Gasteiger partial charge in [-0.15, -0.1) is 0 Å². The maximum absolute atomic E-state index is 12.2. The van der Waals surface area contributed by atoms with Gasteiger partial charge in [0.15, 0.2) is 0 Å². The molecule has 2 rings (SSSR count). The molecule has 3 heteroatoms. The van der Waals surface area contributed by atoms with Crippen LogP contribution < -0.4 is 11.1 Å². The number of rotatable bonds is 5. The molecule has 2 aromatic rings. The lowest BCUT2D eigenvalue weighted by atomic mass is 10.1. The second-order valence-electron chi connectivity index (χ2n) is 4.84. The molecule has 1 amide bonds. The number of amides is 1. The average molecular weight is 268 g/mol.